The maximum atomic E-state index is 11.7. The number of aliphatic hydroxyl groups is 1. The summed E-state index contributed by atoms with van der Waals surface area (Å²) in [4.78, 5) is 22.3. The van der Waals surface area contributed by atoms with Crippen molar-refractivity contribution in [3.8, 4) is 0 Å². The molecule has 0 unspecified atom stereocenters. The Kier molecular flexibility index (Phi) is 7.54. The molecule has 0 aromatic rings. The lowest BCUT2D eigenvalue weighted by atomic mass is 9.97. The summed E-state index contributed by atoms with van der Waals surface area (Å²) in [5.41, 5.74) is 0. The van der Waals surface area contributed by atoms with Gasteiger partial charge in [-0.05, 0) is 12.8 Å². The van der Waals surface area contributed by atoms with E-state index in [4.69, 9.17) is 10.2 Å². The van der Waals surface area contributed by atoms with Gasteiger partial charge in [0, 0.05) is 5.92 Å². The normalized spacial score (nSPS) is 12.5. The summed E-state index contributed by atoms with van der Waals surface area (Å²) >= 11 is 0. The summed E-state index contributed by atoms with van der Waals surface area (Å²) in [5, 5.41) is 19.8. The largest absolute Gasteiger partial charge is 0.480 e. The molecule has 5 heteroatoms. The van der Waals surface area contributed by atoms with E-state index in [1.807, 2.05) is 13.8 Å². The number of hydrogen-bond donors (Lipinski definition) is 3. The molecule has 1 atom stereocenters. The summed E-state index contributed by atoms with van der Waals surface area (Å²) in [7, 11) is 0. The molecular weight excluding hydrogens is 210 g/mol. The predicted octanol–water partition coefficient (Wildman–Crippen LogP) is 0.764. The van der Waals surface area contributed by atoms with Gasteiger partial charge in [-0.2, -0.15) is 0 Å². The maximum absolute atomic E-state index is 11.7. The van der Waals surface area contributed by atoms with Gasteiger partial charge < -0.3 is 15.5 Å². The second kappa shape index (κ2) is 8.10. The Morgan fingerprint density at radius 2 is 1.69 bits per heavy atom. The lowest BCUT2D eigenvalue weighted by Crippen LogP contribution is -2.45. The minimum absolute atomic E-state index is 0.150. The molecule has 0 aliphatic rings. The van der Waals surface area contributed by atoms with Crippen LogP contribution in [0, 0.1) is 5.92 Å². The molecule has 0 aromatic heterocycles. The minimum Gasteiger partial charge on any atom is -0.480 e. The number of amides is 1. The van der Waals surface area contributed by atoms with E-state index in [9.17, 15) is 9.59 Å². The van der Waals surface area contributed by atoms with Crippen LogP contribution in [0.25, 0.3) is 0 Å². The van der Waals surface area contributed by atoms with Gasteiger partial charge >= 0.3 is 5.97 Å². The molecule has 0 saturated heterocycles. The van der Waals surface area contributed by atoms with Crippen LogP contribution in [0.4, 0.5) is 0 Å². The molecule has 0 heterocycles. The highest BCUT2D eigenvalue weighted by Gasteiger charge is 2.23. The van der Waals surface area contributed by atoms with E-state index in [1.54, 1.807) is 0 Å². The van der Waals surface area contributed by atoms with Crippen LogP contribution < -0.4 is 5.32 Å². The van der Waals surface area contributed by atoms with Gasteiger partial charge in [0.2, 0.25) is 5.91 Å². The highest BCUT2D eigenvalue weighted by molar-refractivity contribution is 5.85. The third-order valence-corrected chi connectivity index (χ3v) is 2.44. The number of carbonyl (C=O) groups excluding carboxylic acids is 1. The Labute approximate surface area is 95.9 Å². The third kappa shape index (κ3) is 5.11. The van der Waals surface area contributed by atoms with Gasteiger partial charge in [-0.15, -0.1) is 0 Å². The molecule has 0 rings (SSSR count). The van der Waals surface area contributed by atoms with E-state index in [0.717, 1.165) is 25.7 Å². The summed E-state index contributed by atoms with van der Waals surface area (Å²) < 4.78 is 0. The van der Waals surface area contributed by atoms with E-state index in [-0.39, 0.29) is 11.8 Å². The number of aliphatic carboxylic acids is 1. The molecule has 0 saturated carbocycles. The van der Waals surface area contributed by atoms with Crippen molar-refractivity contribution < 1.29 is 19.8 Å². The lowest BCUT2D eigenvalue weighted by Gasteiger charge is -2.18. The zero-order valence-corrected chi connectivity index (χ0v) is 9.90. The van der Waals surface area contributed by atoms with E-state index < -0.39 is 18.6 Å². The molecule has 1 amide bonds. The van der Waals surface area contributed by atoms with Crippen LogP contribution in [-0.2, 0) is 9.59 Å². The molecule has 94 valence electrons. The standard InChI is InChI=1S/C11H21NO4/c1-3-5-8(6-4-2)10(14)12-9(7-13)11(15)16/h8-9,13H,3-7H2,1-2H3,(H,12,14)(H,15,16)/t9-/m0/s1. The second-order valence-corrected chi connectivity index (χ2v) is 3.86. The Bertz CT molecular complexity index is 224. The Balaban J connectivity index is 4.32. The lowest BCUT2D eigenvalue weighted by molar-refractivity contribution is -0.143. The first-order valence-corrected chi connectivity index (χ1v) is 5.70. The summed E-state index contributed by atoms with van der Waals surface area (Å²) in [6.07, 6.45) is 3.26. The summed E-state index contributed by atoms with van der Waals surface area (Å²) in [6, 6.07) is -1.19. The van der Waals surface area contributed by atoms with Crippen LogP contribution in [-0.4, -0.2) is 34.7 Å². The number of hydrogen-bond acceptors (Lipinski definition) is 3. The summed E-state index contributed by atoms with van der Waals surface area (Å²) in [5.74, 6) is -1.63. The van der Waals surface area contributed by atoms with Gasteiger partial charge in [0.25, 0.3) is 0 Å². The zero-order valence-electron chi connectivity index (χ0n) is 9.90. The smallest absolute Gasteiger partial charge is 0.328 e. The molecule has 0 bridgehead atoms. The Hall–Kier alpha value is -1.10. The van der Waals surface area contributed by atoms with Crippen molar-refractivity contribution in [3.05, 3.63) is 0 Å². The second-order valence-electron chi connectivity index (χ2n) is 3.86. The number of aliphatic hydroxyl groups excluding tert-OH is 1. The van der Waals surface area contributed by atoms with Gasteiger partial charge in [-0.3, -0.25) is 4.79 Å². The van der Waals surface area contributed by atoms with Crippen LogP contribution in [0.2, 0.25) is 0 Å². The van der Waals surface area contributed by atoms with E-state index in [0.29, 0.717) is 0 Å². The monoisotopic (exact) mass is 231 g/mol. The first-order valence-electron chi connectivity index (χ1n) is 5.70. The molecule has 0 aliphatic heterocycles. The minimum atomic E-state index is -1.21. The van der Waals surface area contributed by atoms with E-state index >= 15 is 0 Å². The summed E-state index contributed by atoms with van der Waals surface area (Å²) in [6.45, 7) is 3.39. The van der Waals surface area contributed by atoms with Crippen molar-refractivity contribution in [2.75, 3.05) is 6.61 Å². The van der Waals surface area contributed by atoms with Crippen molar-refractivity contribution in [2.45, 2.75) is 45.6 Å². The molecule has 5 nitrogen and oxygen atoms in total. The van der Waals surface area contributed by atoms with Crippen LogP contribution in [0.3, 0.4) is 0 Å². The van der Waals surface area contributed by atoms with Crippen molar-refractivity contribution in [1.82, 2.24) is 5.32 Å². The van der Waals surface area contributed by atoms with Crippen molar-refractivity contribution in [2.24, 2.45) is 5.92 Å². The molecular formula is C11H21NO4. The fourth-order valence-electron chi connectivity index (χ4n) is 1.58. The Morgan fingerprint density at radius 1 is 1.19 bits per heavy atom. The number of nitrogens with one attached hydrogen (secondary N) is 1. The van der Waals surface area contributed by atoms with Crippen LogP contribution in [0.1, 0.15) is 39.5 Å². The predicted molar refractivity (Wildman–Crippen MR) is 60.0 cm³/mol. The molecule has 0 aliphatic carbocycles. The number of rotatable bonds is 8. The average Bonchev–Trinajstić information content (AvgIpc) is 2.24. The molecule has 0 radical (unpaired) electrons. The van der Waals surface area contributed by atoms with Crippen molar-refractivity contribution in [1.29, 1.82) is 0 Å². The number of carboxylic acid groups (broad SMARTS) is 1. The Morgan fingerprint density at radius 3 is 2.00 bits per heavy atom. The fraction of sp³-hybridized carbons (Fsp3) is 0.818. The number of carboxylic acids is 1. The van der Waals surface area contributed by atoms with Gasteiger partial charge in [0.15, 0.2) is 0 Å². The highest BCUT2D eigenvalue weighted by atomic mass is 16.4. The molecule has 0 fully saturated rings. The van der Waals surface area contributed by atoms with Gasteiger partial charge in [0.05, 0.1) is 6.61 Å². The van der Waals surface area contributed by atoms with Crippen molar-refractivity contribution >= 4 is 11.9 Å². The van der Waals surface area contributed by atoms with Crippen LogP contribution in [0.15, 0.2) is 0 Å². The molecule has 16 heavy (non-hydrogen) atoms. The van der Waals surface area contributed by atoms with Gasteiger partial charge in [0.1, 0.15) is 6.04 Å². The van der Waals surface area contributed by atoms with Crippen LogP contribution >= 0.6 is 0 Å². The average molecular weight is 231 g/mol. The molecule has 0 spiro atoms. The van der Waals surface area contributed by atoms with Crippen molar-refractivity contribution in [3.63, 3.8) is 0 Å². The zero-order chi connectivity index (χ0) is 12.6. The fourth-order valence-corrected chi connectivity index (χ4v) is 1.58. The maximum Gasteiger partial charge on any atom is 0.328 e. The van der Waals surface area contributed by atoms with Gasteiger partial charge in [-0.1, -0.05) is 26.7 Å². The highest BCUT2D eigenvalue weighted by Crippen LogP contribution is 2.13. The van der Waals surface area contributed by atoms with E-state index in [1.165, 1.54) is 0 Å². The van der Waals surface area contributed by atoms with E-state index in [2.05, 4.69) is 5.32 Å². The van der Waals surface area contributed by atoms with Crippen LogP contribution in [0.5, 0.6) is 0 Å². The topological polar surface area (TPSA) is 86.6 Å². The first-order chi connectivity index (χ1) is 7.56. The third-order valence-electron chi connectivity index (χ3n) is 2.44. The quantitative estimate of drug-likeness (QED) is 0.575. The van der Waals surface area contributed by atoms with Gasteiger partial charge in [-0.25, -0.2) is 4.79 Å². The SMILES string of the molecule is CCCC(CCC)C(=O)N[C@@H](CO)C(=O)O. The first kappa shape index (κ1) is 14.9. The molecule has 0 aromatic carbocycles. The molecule has 3 N–H and O–H groups in total. The number of carbonyl (C=O) groups is 2.